The molecule has 0 aliphatic carbocycles. The van der Waals surface area contributed by atoms with Crippen molar-refractivity contribution in [2.75, 3.05) is 0 Å². The monoisotopic (exact) mass is 666 g/mol. The van der Waals surface area contributed by atoms with Crippen molar-refractivity contribution >= 4 is 10.9 Å². The first kappa shape index (κ1) is 30.8. The van der Waals surface area contributed by atoms with Crippen molar-refractivity contribution in [3.8, 4) is 78.9 Å². The Morgan fingerprint density at radius 1 is 0.288 bits per heavy atom. The van der Waals surface area contributed by atoms with Gasteiger partial charge in [-0.05, 0) is 93.5 Å². The SMILES string of the molecule is c1ccc(-c2cc(-c3ccccc3)cc(-c3ccc(-c4nc(-c5ccccn5)nc(-c5ccccn5)n4)cc3-c3cccc4cccnc34)c2)cc1. The molecule has 9 aromatic rings. The van der Waals surface area contributed by atoms with Crippen molar-refractivity contribution in [3.05, 3.63) is 182 Å². The molecule has 0 unspecified atom stereocenters. The maximum absolute atomic E-state index is 4.98. The molecule has 0 N–H and O–H groups in total. The third kappa shape index (κ3) is 6.10. The topological polar surface area (TPSA) is 77.3 Å². The first-order valence-electron chi connectivity index (χ1n) is 17.1. The molecular formula is C46H30N6. The van der Waals surface area contributed by atoms with E-state index in [2.05, 4.69) is 131 Å². The van der Waals surface area contributed by atoms with Crippen LogP contribution in [0, 0.1) is 0 Å². The van der Waals surface area contributed by atoms with Gasteiger partial charge in [0, 0.05) is 35.1 Å². The van der Waals surface area contributed by atoms with Gasteiger partial charge < -0.3 is 0 Å². The fraction of sp³-hybridized carbons (Fsp3) is 0. The van der Waals surface area contributed by atoms with Gasteiger partial charge in [-0.2, -0.15) is 0 Å². The minimum Gasteiger partial charge on any atom is -0.256 e. The van der Waals surface area contributed by atoms with Crippen LogP contribution in [0.25, 0.3) is 89.8 Å². The second kappa shape index (κ2) is 13.6. The van der Waals surface area contributed by atoms with Crippen LogP contribution in [-0.2, 0) is 0 Å². The lowest BCUT2D eigenvalue weighted by Crippen LogP contribution is -2.02. The minimum atomic E-state index is 0.478. The average Bonchev–Trinajstić information content (AvgIpc) is 3.24. The lowest BCUT2D eigenvalue weighted by molar-refractivity contribution is 1.05. The van der Waals surface area contributed by atoms with Crippen LogP contribution in [0.1, 0.15) is 0 Å². The molecule has 0 aliphatic heterocycles. The summed E-state index contributed by atoms with van der Waals surface area (Å²) < 4.78 is 0. The average molecular weight is 667 g/mol. The zero-order valence-corrected chi connectivity index (χ0v) is 28.0. The fourth-order valence-electron chi connectivity index (χ4n) is 6.58. The Balaban J connectivity index is 1.30. The van der Waals surface area contributed by atoms with Crippen molar-refractivity contribution in [2.24, 2.45) is 0 Å². The zero-order chi connectivity index (χ0) is 34.7. The van der Waals surface area contributed by atoms with Crippen LogP contribution in [0.5, 0.6) is 0 Å². The lowest BCUT2D eigenvalue weighted by Gasteiger charge is -2.17. The summed E-state index contributed by atoms with van der Waals surface area (Å²) in [6, 6.07) is 56.2. The summed E-state index contributed by atoms with van der Waals surface area (Å²) in [5, 5.41) is 1.06. The van der Waals surface area contributed by atoms with Crippen molar-refractivity contribution in [1.82, 2.24) is 29.9 Å². The maximum Gasteiger partial charge on any atom is 0.182 e. The summed E-state index contributed by atoms with van der Waals surface area (Å²) in [6.07, 6.45) is 5.34. The van der Waals surface area contributed by atoms with Gasteiger partial charge in [-0.1, -0.05) is 109 Å². The molecule has 0 fully saturated rings. The highest BCUT2D eigenvalue weighted by molar-refractivity contribution is 6.00. The first-order chi connectivity index (χ1) is 25.8. The Labute approximate surface area is 301 Å². The first-order valence-corrected chi connectivity index (χ1v) is 17.1. The Kier molecular flexibility index (Phi) is 8.08. The molecule has 52 heavy (non-hydrogen) atoms. The summed E-state index contributed by atoms with van der Waals surface area (Å²) in [5.41, 5.74) is 11.9. The van der Waals surface area contributed by atoms with E-state index >= 15 is 0 Å². The van der Waals surface area contributed by atoms with E-state index < -0.39 is 0 Å². The second-order valence-corrected chi connectivity index (χ2v) is 12.4. The number of fused-ring (bicyclic) bond motifs is 1. The third-order valence-corrected chi connectivity index (χ3v) is 9.08. The quantitative estimate of drug-likeness (QED) is 0.168. The molecule has 0 atom stereocenters. The normalized spacial score (nSPS) is 11.1. The van der Waals surface area contributed by atoms with Crippen LogP contribution in [0.3, 0.4) is 0 Å². The van der Waals surface area contributed by atoms with E-state index in [0.717, 1.165) is 61.0 Å². The summed E-state index contributed by atoms with van der Waals surface area (Å²) in [5.74, 6) is 1.49. The molecule has 0 aliphatic rings. The number of benzene rings is 5. The zero-order valence-electron chi connectivity index (χ0n) is 28.0. The van der Waals surface area contributed by atoms with Crippen LogP contribution >= 0.6 is 0 Å². The molecule has 9 rings (SSSR count). The van der Waals surface area contributed by atoms with E-state index in [1.54, 1.807) is 12.4 Å². The maximum atomic E-state index is 4.98. The predicted octanol–water partition coefficient (Wildman–Crippen LogP) is 10.9. The second-order valence-electron chi connectivity index (χ2n) is 12.4. The van der Waals surface area contributed by atoms with Crippen LogP contribution in [-0.4, -0.2) is 29.9 Å². The summed E-state index contributed by atoms with van der Waals surface area (Å²) in [4.78, 5) is 28.8. The van der Waals surface area contributed by atoms with Crippen LogP contribution in [0.15, 0.2) is 182 Å². The molecular weight excluding hydrogens is 637 g/mol. The highest BCUT2D eigenvalue weighted by atomic mass is 15.1. The van der Waals surface area contributed by atoms with Gasteiger partial charge in [0.25, 0.3) is 0 Å². The standard InChI is InChI=1S/C46H30N6/c1-3-13-31(14-4-1)35-27-36(32-15-5-2-6-16-32)29-37(28-35)38-23-22-34(30-40(38)39-19-11-17-33-18-12-26-49-43(33)39)44-50-45(41-20-7-9-24-47-41)52-46(51-44)42-21-8-10-25-48-42/h1-30H. The van der Waals surface area contributed by atoms with Gasteiger partial charge in [-0.3, -0.25) is 15.0 Å². The molecule has 4 heterocycles. The molecule has 0 amide bonds. The highest BCUT2D eigenvalue weighted by Crippen LogP contribution is 2.41. The highest BCUT2D eigenvalue weighted by Gasteiger charge is 2.18. The largest absolute Gasteiger partial charge is 0.256 e. The van der Waals surface area contributed by atoms with Gasteiger partial charge in [0.05, 0.1) is 5.52 Å². The summed E-state index contributed by atoms with van der Waals surface area (Å²) >= 11 is 0. The van der Waals surface area contributed by atoms with Gasteiger partial charge in [-0.15, -0.1) is 0 Å². The van der Waals surface area contributed by atoms with Gasteiger partial charge in [0.2, 0.25) is 0 Å². The predicted molar refractivity (Wildman–Crippen MR) is 209 cm³/mol. The van der Waals surface area contributed by atoms with E-state index in [-0.39, 0.29) is 0 Å². The molecule has 0 saturated heterocycles. The molecule has 6 heteroatoms. The number of rotatable bonds is 7. The van der Waals surface area contributed by atoms with Gasteiger partial charge >= 0.3 is 0 Å². The van der Waals surface area contributed by atoms with E-state index in [1.807, 2.05) is 48.7 Å². The van der Waals surface area contributed by atoms with Crippen molar-refractivity contribution < 1.29 is 0 Å². The van der Waals surface area contributed by atoms with Gasteiger partial charge in [0.1, 0.15) is 11.4 Å². The Bertz CT molecular complexity index is 2540. The molecule has 0 saturated carbocycles. The smallest absolute Gasteiger partial charge is 0.182 e. The number of pyridine rings is 3. The van der Waals surface area contributed by atoms with Crippen molar-refractivity contribution in [2.45, 2.75) is 0 Å². The summed E-state index contributed by atoms with van der Waals surface area (Å²) in [7, 11) is 0. The Hall–Kier alpha value is -7.18. The lowest BCUT2D eigenvalue weighted by atomic mass is 9.88. The van der Waals surface area contributed by atoms with Crippen molar-refractivity contribution in [3.63, 3.8) is 0 Å². The van der Waals surface area contributed by atoms with Crippen molar-refractivity contribution in [1.29, 1.82) is 0 Å². The van der Waals surface area contributed by atoms with Gasteiger partial charge in [0.15, 0.2) is 17.5 Å². The fourth-order valence-corrected chi connectivity index (χ4v) is 6.58. The van der Waals surface area contributed by atoms with E-state index in [0.29, 0.717) is 28.9 Å². The number of aromatic nitrogens is 6. The molecule has 6 nitrogen and oxygen atoms in total. The van der Waals surface area contributed by atoms with E-state index in [1.165, 1.54) is 0 Å². The third-order valence-electron chi connectivity index (χ3n) is 9.08. The van der Waals surface area contributed by atoms with E-state index in [9.17, 15) is 0 Å². The molecule has 0 bridgehead atoms. The minimum absolute atomic E-state index is 0.478. The number of nitrogens with zero attached hydrogens (tertiary/aromatic N) is 6. The van der Waals surface area contributed by atoms with Gasteiger partial charge in [-0.25, -0.2) is 15.0 Å². The Morgan fingerprint density at radius 2 is 0.846 bits per heavy atom. The van der Waals surface area contributed by atoms with Crippen LogP contribution in [0.4, 0.5) is 0 Å². The molecule has 0 radical (unpaired) electrons. The number of hydrogen-bond acceptors (Lipinski definition) is 6. The van der Waals surface area contributed by atoms with E-state index in [4.69, 9.17) is 19.9 Å². The molecule has 0 spiro atoms. The van der Waals surface area contributed by atoms with Crippen LogP contribution < -0.4 is 0 Å². The molecule has 244 valence electrons. The number of hydrogen-bond donors (Lipinski definition) is 0. The Morgan fingerprint density at radius 3 is 1.46 bits per heavy atom. The summed E-state index contributed by atoms with van der Waals surface area (Å²) in [6.45, 7) is 0. The molecule has 5 aromatic carbocycles. The number of para-hydroxylation sites is 1. The van der Waals surface area contributed by atoms with Crippen LogP contribution in [0.2, 0.25) is 0 Å². The molecule has 4 aromatic heterocycles.